The Morgan fingerprint density at radius 1 is 1.11 bits per heavy atom. The highest BCUT2D eigenvalue weighted by atomic mass is 16.5. The minimum atomic E-state index is 0.864. The van der Waals surface area contributed by atoms with E-state index in [1.165, 1.54) is 38.6 Å². The van der Waals surface area contributed by atoms with E-state index in [0.29, 0.717) is 0 Å². The normalized spacial score (nSPS) is 35.0. The molecule has 106 valence electrons. The lowest BCUT2D eigenvalue weighted by atomic mass is 9.64. The van der Waals surface area contributed by atoms with Gasteiger partial charge in [-0.05, 0) is 75.3 Å². The van der Waals surface area contributed by atoms with E-state index in [1.54, 1.807) is 0 Å². The third kappa shape index (κ3) is 3.48. The number of hydrogen-bond donors (Lipinski definition) is 1. The van der Waals surface area contributed by atoms with Crippen LogP contribution in [-0.2, 0) is 4.74 Å². The van der Waals surface area contributed by atoms with Gasteiger partial charge >= 0.3 is 0 Å². The van der Waals surface area contributed by atoms with Crippen LogP contribution < -0.4 is 5.32 Å². The summed E-state index contributed by atoms with van der Waals surface area (Å²) in [6.07, 6.45) is 6.95. The van der Waals surface area contributed by atoms with Crippen molar-refractivity contribution in [2.75, 3.05) is 26.8 Å². The van der Waals surface area contributed by atoms with Gasteiger partial charge in [-0.25, -0.2) is 0 Å². The van der Waals surface area contributed by atoms with Crippen LogP contribution in [0.1, 0.15) is 46.0 Å². The molecule has 18 heavy (non-hydrogen) atoms. The maximum atomic E-state index is 5.54. The maximum Gasteiger partial charge on any atom is 0.0468 e. The first kappa shape index (κ1) is 14.3. The van der Waals surface area contributed by atoms with Gasteiger partial charge in [0.05, 0.1) is 0 Å². The highest BCUT2D eigenvalue weighted by Crippen LogP contribution is 2.43. The van der Waals surface area contributed by atoms with Crippen LogP contribution in [0.15, 0.2) is 0 Å². The van der Waals surface area contributed by atoms with Crippen LogP contribution >= 0.6 is 0 Å². The third-order valence-electron chi connectivity index (χ3n) is 5.37. The van der Waals surface area contributed by atoms with Gasteiger partial charge in [-0.2, -0.15) is 0 Å². The number of ether oxygens (including phenoxy) is 1. The molecule has 3 unspecified atom stereocenters. The van der Waals surface area contributed by atoms with Gasteiger partial charge in [0.1, 0.15) is 0 Å². The van der Waals surface area contributed by atoms with Gasteiger partial charge in [-0.1, -0.05) is 13.8 Å². The van der Waals surface area contributed by atoms with Crippen LogP contribution in [0.3, 0.4) is 0 Å². The predicted octanol–water partition coefficient (Wildman–Crippen LogP) is 3.32. The molecular formula is C16H31NO. The summed E-state index contributed by atoms with van der Waals surface area (Å²) in [5.74, 6) is 4.61. The second-order valence-electron chi connectivity index (χ2n) is 6.75. The average molecular weight is 253 g/mol. The van der Waals surface area contributed by atoms with Crippen LogP contribution in [0.5, 0.6) is 0 Å². The highest BCUT2D eigenvalue weighted by Gasteiger charge is 2.36. The lowest BCUT2D eigenvalue weighted by Gasteiger charge is -2.43. The van der Waals surface area contributed by atoms with E-state index in [0.717, 1.165) is 42.8 Å². The molecule has 0 aromatic carbocycles. The largest absolute Gasteiger partial charge is 0.381 e. The fraction of sp³-hybridized carbons (Fsp3) is 1.00. The average Bonchev–Trinajstić information content (AvgIpc) is 2.40. The lowest BCUT2D eigenvalue weighted by Crippen LogP contribution is -2.38. The molecule has 0 aromatic rings. The SMILES string of the molecule is CNCC1CCC(C(C)C)CC1C1CCOCC1. The Balaban J connectivity index is 1.98. The number of hydrogen-bond acceptors (Lipinski definition) is 2. The minimum absolute atomic E-state index is 0.864. The van der Waals surface area contributed by atoms with E-state index >= 15 is 0 Å². The third-order valence-corrected chi connectivity index (χ3v) is 5.37. The fourth-order valence-corrected chi connectivity index (χ4v) is 4.14. The summed E-state index contributed by atoms with van der Waals surface area (Å²) >= 11 is 0. The molecule has 1 heterocycles. The lowest BCUT2D eigenvalue weighted by molar-refractivity contribution is 0.00993. The van der Waals surface area contributed by atoms with E-state index < -0.39 is 0 Å². The second kappa shape index (κ2) is 6.91. The van der Waals surface area contributed by atoms with E-state index in [4.69, 9.17) is 4.74 Å². The smallest absolute Gasteiger partial charge is 0.0468 e. The molecular weight excluding hydrogens is 222 g/mol. The zero-order chi connectivity index (χ0) is 13.0. The first-order valence-corrected chi connectivity index (χ1v) is 7.94. The Morgan fingerprint density at radius 2 is 1.83 bits per heavy atom. The van der Waals surface area contributed by atoms with Gasteiger partial charge < -0.3 is 10.1 Å². The van der Waals surface area contributed by atoms with E-state index in [1.807, 2.05) is 0 Å². The zero-order valence-electron chi connectivity index (χ0n) is 12.5. The Hall–Kier alpha value is -0.0800. The molecule has 1 aliphatic carbocycles. The fourth-order valence-electron chi connectivity index (χ4n) is 4.14. The van der Waals surface area contributed by atoms with Gasteiger partial charge in [0.15, 0.2) is 0 Å². The molecule has 2 rings (SSSR count). The summed E-state index contributed by atoms with van der Waals surface area (Å²) in [7, 11) is 2.11. The summed E-state index contributed by atoms with van der Waals surface area (Å²) in [5.41, 5.74) is 0. The van der Waals surface area contributed by atoms with Gasteiger partial charge in [0, 0.05) is 13.2 Å². The summed E-state index contributed by atoms with van der Waals surface area (Å²) in [4.78, 5) is 0. The summed E-state index contributed by atoms with van der Waals surface area (Å²) in [6.45, 7) is 8.03. The van der Waals surface area contributed by atoms with Crippen molar-refractivity contribution in [3.8, 4) is 0 Å². The van der Waals surface area contributed by atoms with Crippen molar-refractivity contribution in [1.29, 1.82) is 0 Å². The van der Waals surface area contributed by atoms with Crippen LogP contribution in [0.2, 0.25) is 0 Å². The van der Waals surface area contributed by atoms with E-state index in [2.05, 4.69) is 26.2 Å². The number of rotatable bonds is 4. The standard InChI is InChI=1S/C16H31NO/c1-12(2)14-4-5-15(11-17-3)16(10-14)13-6-8-18-9-7-13/h12-17H,4-11H2,1-3H3. The van der Waals surface area contributed by atoms with Crippen molar-refractivity contribution >= 4 is 0 Å². The van der Waals surface area contributed by atoms with Crippen molar-refractivity contribution in [3.05, 3.63) is 0 Å². The Morgan fingerprint density at radius 3 is 2.44 bits per heavy atom. The molecule has 0 amide bonds. The van der Waals surface area contributed by atoms with Crippen molar-refractivity contribution in [3.63, 3.8) is 0 Å². The Bertz CT molecular complexity index is 230. The quantitative estimate of drug-likeness (QED) is 0.830. The maximum absolute atomic E-state index is 5.54. The summed E-state index contributed by atoms with van der Waals surface area (Å²) < 4.78 is 5.54. The monoisotopic (exact) mass is 253 g/mol. The molecule has 2 fully saturated rings. The summed E-state index contributed by atoms with van der Waals surface area (Å²) in [5, 5.41) is 3.42. The van der Waals surface area contributed by atoms with Crippen LogP contribution in [0.4, 0.5) is 0 Å². The van der Waals surface area contributed by atoms with Crippen LogP contribution in [-0.4, -0.2) is 26.8 Å². The summed E-state index contributed by atoms with van der Waals surface area (Å²) in [6, 6.07) is 0. The van der Waals surface area contributed by atoms with Crippen molar-refractivity contribution in [2.45, 2.75) is 46.0 Å². The van der Waals surface area contributed by atoms with Crippen molar-refractivity contribution in [1.82, 2.24) is 5.32 Å². The zero-order valence-corrected chi connectivity index (χ0v) is 12.5. The first-order chi connectivity index (χ1) is 8.72. The Kier molecular flexibility index (Phi) is 5.50. The molecule has 0 aromatic heterocycles. The van der Waals surface area contributed by atoms with Crippen LogP contribution in [0.25, 0.3) is 0 Å². The van der Waals surface area contributed by atoms with Gasteiger partial charge in [0.2, 0.25) is 0 Å². The van der Waals surface area contributed by atoms with Crippen LogP contribution in [0, 0.1) is 29.6 Å². The molecule has 1 aliphatic heterocycles. The van der Waals surface area contributed by atoms with Gasteiger partial charge in [-0.15, -0.1) is 0 Å². The topological polar surface area (TPSA) is 21.3 Å². The first-order valence-electron chi connectivity index (χ1n) is 7.94. The molecule has 1 saturated heterocycles. The molecule has 0 radical (unpaired) electrons. The predicted molar refractivity (Wildman–Crippen MR) is 76.6 cm³/mol. The van der Waals surface area contributed by atoms with Gasteiger partial charge in [0.25, 0.3) is 0 Å². The highest BCUT2D eigenvalue weighted by molar-refractivity contribution is 4.87. The molecule has 2 aliphatic rings. The van der Waals surface area contributed by atoms with Crippen molar-refractivity contribution < 1.29 is 4.74 Å². The van der Waals surface area contributed by atoms with Gasteiger partial charge in [-0.3, -0.25) is 0 Å². The second-order valence-corrected chi connectivity index (χ2v) is 6.75. The van der Waals surface area contributed by atoms with Crippen molar-refractivity contribution in [2.24, 2.45) is 29.6 Å². The molecule has 1 saturated carbocycles. The number of nitrogens with one attached hydrogen (secondary N) is 1. The molecule has 0 spiro atoms. The molecule has 0 bridgehead atoms. The minimum Gasteiger partial charge on any atom is -0.381 e. The Labute approximate surface area is 113 Å². The van der Waals surface area contributed by atoms with E-state index in [9.17, 15) is 0 Å². The molecule has 1 N–H and O–H groups in total. The van der Waals surface area contributed by atoms with E-state index in [-0.39, 0.29) is 0 Å². The molecule has 2 heteroatoms. The molecule has 3 atom stereocenters. The molecule has 2 nitrogen and oxygen atoms in total.